The molecular weight excluding hydrogens is 288 g/mol. The van der Waals surface area contributed by atoms with Crippen LogP contribution in [0.15, 0.2) is 48.5 Å². The average Bonchev–Trinajstić information content (AvgIpc) is 2.54. The van der Waals surface area contributed by atoms with Crippen LogP contribution >= 0.6 is 0 Å². The lowest BCUT2D eigenvalue weighted by Crippen LogP contribution is -2.25. The van der Waals surface area contributed by atoms with Crippen LogP contribution in [0.25, 0.3) is 0 Å². The van der Waals surface area contributed by atoms with Gasteiger partial charge in [-0.2, -0.15) is 0 Å². The number of ether oxygens (including phenoxy) is 1. The van der Waals surface area contributed by atoms with Crippen LogP contribution in [0.3, 0.4) is 0 Å². The van der Waals surface area contributed by atoms with Gasteiger partial charge in [-0.15, -0.1) is 0 Å². The van der Waals surface area contributed by atoms with Crippen LogP contribution in [0.5, 0.6) is 11.5 Å². The number of carbonyl (C=O) groups is 1. The Kier molecular flexibility index (Phi) is 6.18. The zero-order chi connectivity index (χ0) is 16.7. The van der Waals surface area contributed by atoms with E-state index in [0.29, 0.717) is 19.4 Å². The van der Waals surface area contributed by atoms with Gasteiger partial charge in [0, 0.05) is 24.6 Å². The number of para-hydroxylation sites is 1. The van der Waals surface area contributed by atoms with Gasteiger partial charge in [0.15, 0.2) is 0 Å². The van der Waals surface area contributed by atoms with Gasteiger partial charge in [-0.05, 0) is 38.5 Å². The first-order valence-corrected chi connectivity index (χ1v) is 7.89. The van der Waals surface area contributed by atoms with Gasteiger partial charge in [0.05, 0.1) is 0 Å². The summed E-state index contributed by atoms with van der Waals surface area (Å²) in [6, 6.07) is 15.6. The molecule has 3 N–H and O–H groups in total. The second kappa shape index (κ2) is 8.34. The molecule has 1 atom stereocenters. The zero-order valence-corrected chi connectivity index (χ0v) is 13.7. The van der Waals surface area contributed by atoms with Crippen molar-refractivity contribution in [1.82, 2.24) is 5.32 Å². The van der Waals surface area contributed by atoms with Gasteiger partial charge in [-0.1, -0.05) is 35.9 Å². The van der Waals surface area contributed by atoms with E-state index in [0.717, 1.165) is 17.1 Å². The third-order valence-electron chi connectivity index (χ3n) is 3.52. The lowest BCUT2D eigenvalue weighted by Gasteiger charge is -2.12. The summed E-state index contributed by atoms with van der Waals surface area (Å²) in [4.78, 5) is 11.8. The van der Waals surface area contributed by atoms with Crippen molar-refractivity contribution in [2.45, 2.75) is 39.3 Å². The van der Waals surface area contributed by atoms with Crippen molar-refractivity contribution < 1.29 is 9.53 Å². The van der Waals surface area contributed by atoms with Crippen LogP contribution in [-0.4, -0.2) is 11.9 Å². The molecule has 1 unspecified atom stereocenters. The highest BCUT2D eigenvalue weighted by atomic mass is 16.5. The zero-order valence-electron chi connectivity index (χ0n) is 13.7. The van der Waals surface area contributed by atoms with E-state index >= 15 is 0 Å². The van der Waals surface area contributed by atoms with E-state index in [2.05, 4.69) is 5.32 Å². The number of aryl methyl sites for hydroxylation is 1. The lowest BCUT2D eigenvalue weighted by atomic mass is 10.1. The fourth-order valence-electron chi connectivity index (χ4n) is 2.12. The topological polar surface area (TPSA) is 64.3 Å². The molecule has 0 saturated heterocycles. The predicted molar refractivity (Wildman–Crippen MR) is 92.4 cm³/mol. The average molecular weight is 312 g/mol. The smallest absolute Gasteiger partial charge is 0.220 e. The summed E-state index contributed by atoms with van der Waals surface area (Å²) in [5, 5.41) is 2.92. The maximum absolute atomic E-state index is 11.8. The van der Waals surface area contributed by atoms with Crippen molar-refractivity contribution in [3.63, 3.8) is 0 Å². The van der Waals surface area contributed by atoms with E-state index in [-0.39, 0.29) is 11.9 Å². The number of hydrogen-bond donors (Lipinski definition) is 2. The Hall–Kier alpha value is -2.33. The van der Waals surface area contributed by atoms with Crippen molar-refractivity contribution in [3.8, 4) is 11.5 Å². The highest BCUT2D eigenvalue weighted by Gasteiger charge is 2.07. The summed E-state index contributed by atoms with van der Waals surface area (Å²) in [5.41, 5.74) is 7.80. The number of hydrogen-bond acceptors (Lipinski definition) is 3. The third kappa shape index (κ3) is 5.75. The Labute approximate surface area is 137 Å². The molecule has 4 heteroatoms. The molecule has 0 radical (unpaired) electrons. The van der Waals surface area contributed by atoms with Crippen LogP contribution in [-0.2, 0) is 11.3 Å². The Morgan fingerprint density at radius 3 is 2.57 bits per heavy atom. The summed E-state index contributed by atoms with van der Waals surface area (Å²) >= 11 is 0. The second-order valence-electron chi connectivity index (χ2n) is 5.82. The Bertz CT molecular complexity index is 636. The number of benzene rings is 2. The summed E-state index contributed by atoms with van der Waals surface area (Å²) in [6.07, 6.45) is 1.13. The fraction of sp³-hybridized carbons (Fsp3) is 0.316. The van der Waals surface area contributed by atoms with E-state index in [1.54, 1.807) is 0 Å². The Morgan fingerprint density at radius 2 is 1.87 bits per heavy atom. The molecule has 2 aromatic rings. The molecule has 0 saturated carbocycles. The number of amides is 1. The molecule has 0 fully saturated rings. The number of nitrogens with two attached hydrogens (primary N) is 1. The lowest BCUT2D eigenvalue weighted by molar-refractivity contribution is -0.121. The van der Waals surface area contributed by atoms with Crippen LogP contribution in [0, 0.1) is 6.92 Å². The molecule has 0 heterocycles. The maximum Gasteiger partial charge on any atom is 0.220 e. The Morgan fingerprint density at radius 1 is 1.17 bits per heavy atom. The maximum atomic E-state index is 11.8. The van der Waals surface area contributed by atoms with E-state index in [4.69, 9.17) is 10.5 Å². The molecule has 122 valence electrons. The molecule has 2 aromatic carbocycles. The summed E-state index contributed by atoms with van der Waals surface area (Å²) in [7, 11) is 0. The van der Waals surface area contributed by atoms with Gasteiger partial charge in [0.25, 0.3) is 0 Å². The van der Waals surface area contributed by atoms with Crippen LogP contribution in [0.4, 0.5) is 0 Å². The minimum atomic E-state index is 0.00689. The van der Waals surface area contributed by atoms with Crippen LogP contribution in [0.1, 0.15) is 30.9 Å². The standard InChI is InChI=1S/C19H24N2O2/c1-14-7-10-17(11-8-14)23-18-6-4-3-5-16(18)13-21-19(22)12-9-15(2)20/h3-8,10-11,15H,9,12-13,20H2,1-2H3,(H,21,22). The summed E-state index contributed by atoms with van der Waals surface area (Å²) in [5.74, 6) is 1.54. The molecule has 0 aromatic heterocycles. The predicted octanol–water partition coefficient (Wildman–Crippen LogP) is 3.53. The first-order chi connectivity index (χ1) is 11.0. The number of nitrogens with one attached hydrogen (secondary N) is 1. The highest BCUT2D eigenvalue weighted by Crippen LogP contribution is 2.25. The van der Waals surface area contributed by atoms with Crippen molar-refractivity contribution in [3.05, 3.63) is 59.7 Å². The molecular formula is C19H24N2O2. The molecule has 0 aliphatic rings. The van der Waals surface area contributed by atoms with Gasteiger partial charge in [0.1, 0.15) is 11.5 Å². The minimum absolute atomic E-state index is 0.00689. The van der Waals surface area contributed by atoms with Crippen molar-refractivity contribution in [2.75, 3.05) is 0 Å². The summed E-state index contributed by atoms with van der Waals surface area (Å²) in [6.45, 7) is 4.38. The van der Waals surface area contributed by atoms with Gasteiger partial charge >= 0.3 is 0 Å². The molecule has 2 rings (SSSR count). The second-order valence-corrected chi connectivity index (χ2v) is 5.82. The molecule has 1 amide bonds. The third-order valence-corrected chi connectivity index (χ3v) is 3.52. The van der Waals surface area contributed by atoms with Gasteiger partial charge in [-0.25, -0.2) is 0 Å². The summed E-state index contributed by atoms with van der Waals surface area (Å²) < 4.78 is 5.92. The first kappa shape index (κ1) is 17.0. The molecule has 0 spiro atoms. The van der Waals surface area contributed by atoms with Crippen molar-refractivity contribution in [2.24, 2.45) is 5.73 Å². The van der Waals surface area contributed by atoms with Gasteiger partial charge < -0.3 is 15.8 Å². The normalized spacial score (nSPS) is 11.8. The van der Waals surface area contributed by atoms with E-state index in [9.17, 15) is 4.79 Å². The number of carbonyl (C=O) groups excluding carboxylic acids is 1. The quantitative estimate of drug-likeness (QED) is 0.822. The highest BCUT2D eigenvalue weighted by molar-refractivity contribution is 5.75. The Balaban J connectivity index is 1.97. The molecule has 0 aliphatic carbocycles. The molecule has 4 nitrogen and oxygen atoms in total. The van der Waals surface area contributed by atoms with Crippen LogP contribution in [0.2, 0.25) is 0 Å². The van der Waals surface area contributed by atoms with Crippen molar-refractivity contribution >= 4 is 5.91 Å². The molecule has 0 aliphatic heterocycles. The first-order valence-electron chi connectivity index (χ1n) is 7.89. The van der Waals surface area contributed by atoms with Crippen LogP contribution < -0.4 is 15.8 Å². The fourth-order valence-corrected chi connectivity index (χ4v) is 2.12. The van der Waals surface area contributed by atoms with Crippen molar-refractivity contribution in [1.29, 1.82) is 0 Å². The largest absolute Gasteiger partial charge is 0.457 e. The van der Waals surface area contributed by atoms with Gasteiger partial charge in [0.2, 0.25) is 5.91 Å². The SMILES string of the molecule is Cc1ccc(Oc2ccccc2CNC(=O)CCC(C)N)cc1. The molecule has 23 heavy (non-hydrogen) atoms. The van der Waals surface area contributed by atoms with E-state index in [1.807, 2.05) is 62.4 Å². The van der Waals surface area contributed by atoms with E-state index < -0.39 is 0 Å². The molecule has 0 bridgehead atoms. The van der Waals surface area contributed by atoms with Gasteiger partial charge in [-0.3, -0.25) is 4.79 Å². The monoisotopic (exact) mass is 312 g/mol. The van der Waals surface area contributed by atoms with E-state index in [1.165, 1.54) is 5.56 Å². The minimum Gasteiger partial charge on any atom is -0.457 e. The number of rotatable bonds is 7.